The van der Waals surface area contributed by atoms with Gasteiger partial charge in [0.15, 0.2) is 0 Å². The minimum atomic E-state index is -3.25. The van der Waals surface area contributed by atoms with Gasteiger partial charge in [0.25, 0.3) is 0 Å². The molecule has 1 aliphatic rings. The van der Waals surface area contributed by atoms with Gasteiger partial charge in [0, 0.05) is 19.1 Å². The Kier molecular flexibility index (Phi) is 7.14. The predicted molar refractivity (Wildman–Crippen MR) is 73.0 cm³/mol. The Morgan fingerprint density at radius 3 is 2.50 bits per heavy atom. The van der Waals surface area contributed by atoms with Crippen LogP contribution in [-0.4, -0.2) is 55.9 Å². The highest BCUT2D eigenvalue weighted by Crippen LogP contribution is 2.24. The van der Waals surface area contributed by atoms with Crippen molar-refractivity contribution in [2.24, 2.45) is 0 Å². The lowest BCUT2D eigenvalue weighted by atomic mass is 9.95. The lowest BCUT2D eigenvalue weighted by Crippen LogP contribution is -2.45. The molecule has 0 aromatic heterocycles. The van der Waals surface area contributed by atoms with E-state index in [9.17, 15) is 8.42 Å². The summed E-state index contributed by atoms with van der Waals surface area (Å²) < 4.78 is 26.1. The Morgan fingerprint density at radius 1 is 1.28 bits per heavy atom. The first-order valence-electron chi connectivity index (χ1n) is 6.93. The lowest BCUT2D eigenvalue weighted by Gasteiger charge is -2.33. The number of nitrogens with one attached hydrogen (secondary N) is 1. The predicted octanol–water partition coefficient (Wildman–Crippen LogP) is 0.553. The molecule has 0 bridgehead atoms. The standard InChI is InChI=1S/C12H26N2O3S/c1-2-13-8-11-18(16,17)14(9-10-15)12-6-4-3-5-7-12/h12-13,15H,2-11H2,1H3. The molecule has 0 amide bonds. The van der Waals surface area contributed by atoms with Gasteiger partial charge in [-0.1, -0.05) is 26.2 Å². The van der Waals surface area contributed by atoms with Crippen LogP contribution in [0.1, 0.15) is 39.0 Å². The SMILES string of the molecule is CCNCCS(=O)(=O)N(CCO)C1CCCCC1. The van der Waals surface area contributed by atoms with Crippen molar-refractivity contribution in [3.63, 3.8) is 0 Å². The second-order valence-corrected chi connectivity index (χ2v) is 6.84. The minimum absolute atomic E-state index is 0.0949. The second kappa shape index (κ2) is 8.09. The van der Waals surface area contributed by atoms with Gasteiger partial charge in [-0.3, -0.25) is 0 Å². The normalized spacial score (nSPS) is 18.4. The smallest absolute Gasteiger partial charge is 0.215 e. The van der Waals surface area contributed by atoms with E-state index < -0.39 is 10.0 Å². The zero-order valence-corrected chi connectivity index (χ0v) is 12.1. The summed E-state index contributed by atoms with van der Waals surface area (Å²) in [4.78, 5) is 0. The molecule has 6 heteroatoms. The van der Waals surface area contributed by atoms with Crippen molar-refractivity contribution in [1.29, 1.82) is 0 Å². The molecule has 1 rings (SSSR count). The van der Waals surface area contributed by atoms with Crippen LogP contribution in [0.2, 0.25) is 0 Å². The number of nitrogens with zero attached hydrogens (tertiary/aromatic N) is 1. The molecule has 0 aromatic carbocycles. The van der Waals surface area contributed by atoms with Crippen LogP contribution < -0.4 is 5.32 Å². The third-order valence-corrected chi connectivity index (χ3v) is 5.36. The highest BCUT2D eigenvalue weighted by molar-refractivity contribution is 7.89. The van der Waals surface area contributed by atoms with Crippen LogP contribution in [0.15, 0.2) is 0 Å². The first-order chi connectivity index (χ1) is 8.61. The summed E-state index contributed by atoms with van der Waals surface area (Å²) >= 11 is 0. The molecule has 0 unspecified atom stereocenters. The van der Waals surface area contributed by atoms with Crippen molar-refractivity contribution in [3.05, 3.63) is 0 Å². The zero-order valence-electron chi connectivity index (χ0n) is 11.3. The molecule has 5 nitrogen and oxygen atoms in total. The number of rotatable bonds is 8. The van der Waals surface area contributed by atoms with Crippen LogP contribution in [0.25, 0.3) is 0 Å². The fourth-order valence-electron chi connectivity index (χ4n) is 2.51. The van der Waals surface area contributed by atoms with Crippen LogP contribution in [0.3, 0.4) is 0 Å². The number of aliphatic hydroxyl groups is 1. The molecule has 18 heavy (non-hydrogen) atoms. The third-order valence-electron chi connectivity index (χ3n) is 3.45. The first-order valence-corrected chi connectivity index (χ1v) is 8.54. The number of sulfonamides is 1. The molecule has 1 fully saturated rings. The van der Waals surface area contributed by atoms with Gasteiger partial charge in [-0.25, -0.2) is 8.42 Å². The Balaban J connectivity index is 2.63. The highest BCUT2D eigenvalue weighted by Gasteiger charge is 2.29. The van der Waals surface area contributed by atoms with Gasteiger partial charge in [-0.05, 0) is 19.4 Å². The number of hydrogen-bond donors (Lipinski definition) is 2. The molecule has 1 saturated carbocycles. The van der Waals surface area contributed by atoms with Crippen molar-refractivity contribution >= 4 is 10.0 Å². The fourth-order valence-corrected chi connectivity index (χ4v) is 4.17. The topological polar surface area (TPSA) is 69.6 Å². The molecular weight excluding hydrogens is 252 g/mol. The van der Waals surface area contributed by atoms with Crippen molar-refractivity contribution < 1.29 is 13.5 Å². The van der Waals surface area contributed by atoms with Gasteiger partial charge in [0.1, 0.15) is 0 Å². The highest BCUT2D eigenvalue weighted by atomic mass is 32.2. The molecule has 0 aliphatic heterocycles. The number of aliphatic hydroxyl groups excluding tert-OH is 1. The molecule has 0 spiro atoms. The maximum atomic E-state index is 12.3. The van der Waals surface area contributed by atoms with E-state index in [1.807, 2.05) is 6.92 Å². The van der Waals surface area contributed by atoms with E-state index in [1.54, 1.807) is 0 Å². The van der Waals surface area contributed by atoms with Crippen molar-refractivity contribution in [2.45, 2.75) is 45.1 Å². The van der Waals surface area contributed by atoms with E-state index in [-0.39, 0.29) is 24.9 Å². The third kappa shape index (κ3) is 4.84. The van der Waals surface area contributed by atoms with E-state index in [0.717, 1.165) is 32.2 Å². The van der Waals surface area contributed by atoms with Gasteiger partial charge in [0.2, 0.25) is 10.0 Å². The van der Waals surface area contributed by atoms with Crippen LogP contribution in [-0.2, 0) is 10.0 Å². The maximum Gasteiger partial charge on any atom is 0.215 e. The molecule has 108 valence electrons. The second-order valence-electron chi connectivity index (χ2n) is 4.80. The summed E-state index contributed by atoms with van der Waals surface area (Å²) in [6, 6.07) is 0.0949. The van der Waals surface area contributed by atoms with Crippen LogP contribution >= 0.6 is 0 Å². The Morgan fingerprint density at radius 2 is 1.94 bits per heavy atom. The van der Waals surface area contributed by atoms with Gasteiger partial charge in [-0.2, -0.15) is 4.31 Å². The molecular formula is C12H26N2O3S. The molecule has 0 aromatic rings. The van der Waals surface area contributed by atoms with Crippen molar-refractivity contribution in [3.8, 4) is 0 Å². The van der Waals surface area contributed by atoms with E-state index in [2.05, 4.69) is 5.32 Å². The van der Waals surface area contributed by atoms with Crippen LogP contribution in [0, 0.1) is 0 Å². The summed E-state index contributed by atoms with van der Waals surface area (Å²) in [6.45, 7) is 3.35. The lowest BCUT2D eigenvalue weighted by molar-refractivity contribution is 0.199. The summed E-state index contributed by atoms with van der Waals surface area (Å²) in [5.74, 6) is 0.122. The minimum Gasteiger partial charge on any atom is -0.395 e. The van der Waals surface area contributed by atoms with Gasteiger partial charge in [-0.15, -0.1) is 0 Å². The fraction of sp³-hybridized carbons (Fsp3) is 1.00. The maximum absolute atomic E-state index is 12.3. The first kappa shape index (κ1) is 15.9. The summed E-state index contributed by atoms with van der Waals surface area (Å²) in [5, 5.41) is 12.1. The van der Waals surface area contributed by atoms with E-state index in [1.165, 1.54) is 10.7 Å². The average Bonchev–Trinajstić information content (AvgIpc) is 2.37. The van der Waals surface area contributed by atoms with Crippen molar-refractivity contribution in [1.82, 2.24) is 9.62 Å². The van der Waals surface area contributed by atoms with Gasteiger partial charge >= 0.3 is 0 Å². The Labute approximate surface area is 111 Å². The van der Waals surface area contributed by atoms with E-state index >= 15 is 0 Å². The van der Waals surface area contributed by atoms with E-state index in [4.69, 9.17) is 5.11 Å². The molecule has 0 saturated heterocycles. The van der Waals surface area contributed by atoms with Crippen LogP contribution in [0.5, 0.6) is 0 Å². The zero-order chi connectivity index (χ0) is 13.4. The molecule has 2 N–H and O–H groups in total. The largest absolute Gasteiger partial charge is 0.395 e. The quantitative estimate of drug-likeness (QED) is 0.636. The summed E-state index contributed by atoms with van der Waals surface area (Å²) in [6.07, 6.45) is 5.24. The summed E-state index contributed by atoms with van der Waals surface area (Å²) in [5.41, 5.74) is 0. The average molecular weight is 278 g/mol. The molecule has 0 radical (unpaired) electrons. The Hall–Kier alpha value is -0.170. The summed E-state index contributed by atoms with van der Waals surface area (Å²) in [7, 11) is -3.25. The van der Waals surface area contributed by atoms with Gasteiger partial charge < -0.3 is 10.4 Å². The molecule has 0 atom stereocenters. The van der Waals surface area contributed by atoms with Gasteiger partial charge in [0.05, 0.1) is 12.4 Å². The molecule has 1 aliphatic carbocycles. The monoisotopic (exact) mass is 278 g/mol. The Bertz CT molecular complexity index is 313. The number of hydrogen-bond acceptors (Lipinski definition) is 4. The van der Waals surface area contributed by atoms with Crippen molar-refractivity contribution in [2.75, 3.05) is 32.0 Å². The molecule has 0 heterocycles. The van der Waals surface area contributed by atoms with E-state index in [0.29, 0.717) is 6.54 Å². The van der Waals surface area contributed by atoms with Crippen LogP contribution in [0.4, 0.5) is 0 Å².